The number of hydrogen-bond acceptors (Lipinski definition) is 4. The second-order valence-electron chi connectivity index (χ2n) is 10.2. The quantitative estimate of drug-likeness (QED) is 0.291. The minimum Gasteiger partial charge on any atom is -0.354 e. The molecular weight excluding hydrogens is 569 g/mol. The molecule has 2 amide bonds. The number of benzene rings is 3. The van der Waals surface area contributed by atoms with E-state index < -0.39 is 28.5 Å². The summed E-state index contributed by atoms with van der Waals surface area (Å²) in [7, 11) is -4.24. The molecule has 0 heterocycles. The zero-order valence-electron chi connectivity index (χ0n) is 23.3. The first kappa shape index (κ1) is 31.5. The van der Waals surface area contributed by atoms with E-state index in [0.29, 0.717) is 6.54 Å². The SMILES string of the molecule is Cc1ccc(S(=O)(=O)N(CC(=O)N(Cc2cccc(C)c2)[C@H](C)C(=O)NCC(C)C)c2cc(Cl)ccc2Cl)cc1. The molecule has 0 radical (unpaired) electrons. The lowest BCUT2D eigenvalue weighted by Crippen LogP contribution is -2.51. The Morgan fingerprint density at radius 2 is 1.57 bits per heavy atom. The summed E-state index contributed by atoms with van der Waals surface area (Å²) in [5.74, 6) is -0.680. The molecule has 3 aromatic rings. The molecule has 7 nitrogen and oxygen atoms in total. The molecule has 0 aromatic heterocycles. The van der Waals surface area contributed by atoms with Gasteiger partial charge in [-0.2, -0.15) is 0 Å². The maximum Gasteiger partial charge on any atom is 0.264 e. The molecule has 0 saturated heterocycles. The standard InChI is InChI=1S/C30H35Cl2N3O4S/c1-20(2)17-33-30(37)23(5)34(18-24-8-6-7-22(4)15-24)29(36)19-35(28-16-25(31)11-14-27(28)32)40(38,39)26-12-9-21(3)10-13-26/h6-16,20,23H,17-19H2,1-5H3,(H,33,37)/t23-/m1/s1. The number of aryl methyl sites for hydroxylation is 2. The molecule has 214 valence electrons. The molecule has 0 unspecified atom stereocenters. The number of carbonyl (C=O) groups excluding carboxylic acids is 2. The van der Waals surface area contributed by atoms with E-state index in [0.717, 1.165) is 21.0 Å². The highest BCUT2D eigenvalue weighted by Gasteiger charge is 2.33. The van der Waals surface area contributed by atoms with Crippen molar-refractivity contribution in [3.63, 3.8) is 0 Å². The van der Waals surface area contributed by atoms with Gasteiger partial charge < -0.3 is 10.2 Å². The van der Waals surface area contributed by atoms with Gasteiger partial charge in [0.05, 0.1) is 15.6 Å². The number of rotatable bonds is 11. The van der Waals surface area contributed by atoms with Crippen molar-refractivity contribution in [3.05, 3.63) is 93.5 Å². The van der Waals surface area contributed by atoms with Crippen molar-refractivity contribution in [1.29, 1.82) is 0 Å². The molecule has 10 heteroatoms. The topological polar surface area (TPSA) is 86.8 Å². The Morgan fingerprint density at radius 1 is 0.900 bits per heavy atom. The van der Waals surface area contributed by atoms with Crippen molar-refractivity contribution < 1.29 is 18.0 Å². The summed E-state index contributed by atoms with van der Waals surface area (Å²) in [6.07, 6.45) is 0. The van der Waals surface area contributed by atoms with Crippen LogP contribution in [0.3, 0.4) is 0 Å². The van der Waals surface area contributed by atoms with Gasteiger partial charge >= 0.3 is 0 Å². The van der Waals surface area contributed by atoms with Gasteiger partial charge in [-0.15, -0.1) is 0 Å². The Morgan fingerprint density at radius 3 is 2.20 bits per heavy atom. The molecule has 3 rings (SSSR count). The van der Waals surface area contributed by atoms with Crippen LogP contribution in [-0.4, -0.2) is 44.3 Å². The van der Waals surface area contributed by atoms with E-state index in [1.54, 1.807) is 19.1 Å². The molecule has 0 fully saturated rings. The van der Waals surface area contributed by atoms with Gasteiger partial charge in [-0.1, -0.05) is 84.6 Å². The number of sulfonamides is 1. The highest BCUT2D eigenvalue weighted by atomic mass is 35.5. The van der Waals surface area contributed by atoms with Crippen molar-refractivity contribution >= 4 is 50.7 Å². The van der Waals surface area contributed by atoms with Gasteiger partial charge in [0.2, 0.25) is 11.8 Å². The number of amides is 2. The summed E-state index contributed by atoms with van der Waals surface area (Å²) in [6, 6.07) is 17.5. The van der Waals surface area contributed by atoms with Gasteiger partial charge in [-0.3, -0.25) is 13.9 Å². The van der Waals surface area contributed by atoms with Crippen LogP contribution in [0.4, 0.5) is 5.69 Å². The summed E-state index contributed by atoms with van der Waals surface area (Å²) in [5.41, 5.74) is 2.75. The van der Waals surface area contributed by atoms with Crippen molar-refractivity contribution in [2.75, 3.05) is 17.4 Å². The van der Waals surface area contributed by atoms with Crippen molar-refractivity contribution in [1.82, 2.24) is 10.2 Å². The van der Waals surface area contributed by atoms with Crippen LogP contribution in [0.2, 0.25) is 10.0 Å². The average Bonchev–Trinajstić information content (AvgIpc) is 2.90. The van der Waals surface area contributed by atoms with Crippen LogP contribution in [-0.2, 0) is 26.2 Å². The highest BCUT2D eigenvalue weighted by molar-refractivity contribution is 7.92. The van der Waals surface area contributed by atoms with E-state index in [1.165, 1.54) is 35.2 Å². The number of halogens is 2. The van der Waals surface area contributed by atoms with Crippen LogP contribution >= 0.6 is 23.2 Å². The fourth-order valence-electron chi connectivity index (χ4n) is 4.07. The lowest BCUT2D eigenvalue weighted by atomic mass is 10.1. The molecule has 0 spiro atoms. The number of nitrogens with one attached hydrogen (secondary N) is 1. The van der Waals surface area contributed by atoms with Crippen LogP contribution in [0.25, 0.3) is 0 Å². The maximum atomic E-state index is 14.0. The molecule has 0 aliphatic rings. The van der Waals surface area contributed by atoms with Crippen LogP contribution in [0.1, 0.15) is 37.5 Å². The first-order chi connectivity index (χ1) is 18.8. The third-order valence-corrected chi connectivity index (χ3v) is 8.68. The normalized spacial score (nSPS) is 12.2. The Bertz CT molecular complexity index is 1460. The number of hydrogen-bond donors (Lipinski definition) is 1. The number of nitrogens with zero attached hydrogens (tertiary/aromatic N) is 2. The van der Waals surface area contributed by atoms with E-state index in [4.69, 9.17) is 23.2 Å². The number of carbonyl (C=O) groups is 2. The lowest BCUT2D eigenvalue weighted by Gasteiger charge is -2.32. The third kappa shape index (κ3) is 7.99. The van der Waals surface area contributed by atoms with E-state index in [-0.39, 0.29) is 39.0 Å². The molecule has 3 aromatic carbocycles. The molecule has 0 saturated carbocycles. The van der Waals surface area contributed by atoms with Gasteiger partial charge in [-0.05, 0) is 62.6 Å². The zero-order valence-corrected chi connectivity index (χ0v) is 25.6. The van der Waals surface area contributed by atoms with E-state index in [9.17, 15) is 18.0 Å². The summed E-state index contributed by atoms with van der Waals surface area (Å²) >= 11 is 12.7. The van der Waals surface area contributed by atoms with Crippen molar-refractivity contribution in [2.45, 2.75) is 52.1 Å². The van der Waals surface area contributed by atoms with Gasteiger partial charge in [0.15, 0.2) is 0 Å². The largest absolute Gasteiger partial charge is 0.354 e. The first-order valence-electron chi connectivity index (χ1n) is 13.0. The van der Waals surface area contributed by atoms with Gasteiger partial charge in [0, 0.05) is 18.1 Å². The fourth-order valence-corrected chi connectivity index (χ4v) is 5.93. The van der Waals surface area contributed by atoms with Gasteiger partial charge in [0.25, 0.3) is 10.0 Å². The second-order valence-corrected chi connectivity index (χ2v) is 13.0. The van der Waals surface area contributed by atoms with Gasteiger partial charge in [0.1, 0.15) is 12.6 Å². The Hall–Kier alpha value is -3.07. The van der Waals surface area contributed by atoms with Crippen LogP contribution in [0.15, 0.2) is 71.6 Å². The number of anilines is 1. The summed E-state index contributed by atoms with van der Waals surface area (Å²) in [4.78, 5) is 28.5. The summed E-state index contributed by atoms with van der Waals surface area (Å²) < 4.78 is 28.8. The Labute approximate surface area is 247 Å². The molecule has 1 atom stereocenters. The minimum atomic E-state index is -4.24. The fraction of sp³-hybridized carbons (Fsp3) is 0.333. The summed E-state index contributed by atoms with van der Waals surface area (Å²) in [5, 5.41) is 3.24. The maximum absolute atomic E-state index is 14.0. The lowest BCUT2D eigenvalue weighted by molar-refractivity contribution is -0.139. The van der Waals surface area contributed by atoms with E-state index >= 15 is 0 Å². The van der Waals surface area contributed by atoms with Crippen LogP contribution < -0.4 is 9.62 Å². The molecule has 0 aliphatic carbocycles. The molecule has 0 aliphatic heterocycles. The zero-order chi connectivity index (χ0) is 29.6. The van der Waals surface area contributed by atoms with Crippen LogP contribution in [0.5, 0.6) is 0 Å². The molecule has 0 bridgehead atoms. The Balaban J connectivity index is 2.06. The van der Waals surface area contributed by atoms with Crippen molar-refractivity contribution in [2.24, 2.45) is 5.92 Å². The smallest absolute Gasteiger partial charge is 0.264 e. The molecule has 1 N–H and O–H groups in total. The summed E-state index contributed by atoms with van der Waals surface area (Å²) in [6.45, 7) is 9.33. The van der Waals surface area contributed by atoms with Crippen molar-refractivity contribution in [3.8, 4) is 0 Å². The van der Waals surface area contributed by atoms with E-state index in [2.05, 4.69) is 5.32 Å². The minimum absolute atomic E-state index is 0.00472. The predicted molar refractivity (Wildman–Crippen MR) is 161 cm³/mol. The van der Waals surface area contributed by atoms with Gasteiger partial charge in [-0.25, -0.2) is 8.42 Å². The van der Waals surface area contributed by atoms with E-state index in [1.807, 2.05) is 52.0 Å². The average molecular weight is 605 g/mol. The van der Waals surface area contributed by atoms with Crippen LogP contribution in [0, 0.1) is 19.8 Å². The third-order valence-electron chi connectivity index (χ3n) is 6.35. The first-order valence-corrected chi connectivity index (χ1v) is 15.2. The monoisotopic (exact) mass is 603 g/mol. The second kappa shape index (κ2) is 13.5. The molecular formula is C30H35Cl2N3O4S. The molecule has 40 heavy (non-hydrogen) atoms. The predicted octanol–water partition coefficient (Wildman–Crippen LogP) is 6.00. The Kier molecular flexibility index (Phi) is 10.6. The highest BCUT2D eigenvalue weighted by Crippen LogP contribution is 2.33.